The SMILES string of the molecule is COc1ccc(C2CCN(C(=O)c3ccc(C)c(C(=O)Nc4ccc(N5CCCC5)nc4)c3)CC2)cc1. The van der Waals surface area contributed by atoms with E-state index >= 15 is 0 Å². The first-order valence-electron chi connectivity index (χ1n) is 13.1. The van der Waals surface area contributed by atoms with Crippen LogP contribution in [0.5, 0.6) is 5.75 Å². The van der Waals surface area contributed by atoms with Gasteiger partial charge in [-0.25, -0.2) is 4.98 Å². The highest BCUT2D eigenvalue weighted by molar-refractivity contribution is 6.07. The Labute approximate surface area is 218 Å². The Balaban J connectivity index is 1.21. The van der Waals surface area contributed by atoms with Crippen LogP contribution in [0, 0.1) is 6.92 Å². The van der Waals surface area contributed by atoms with E-state index in [1.807, 2.05) is 48.2 Å². The number of hydrogen-bond acceptors (Lipinski definition) is 5. The fourth-order valence-electron chi connectivity index (χ4n) is 5.27. The second kappa shape index (κ2) is 11.0. The van der Waals surface area contributed by atoms with Crippen LogP contribution in [0.2, 0.25) is 0 Å². The number of aryl methyl sites for hydroxylation is 1. The van der Waals surface area contributed by atoms with Crippen LogP contribution in [-0.4, -0.2) is 55.0 Å². The molecular formula is C30H34N4O3. The molecule has 0 spiro atoms. The summed E-state index contributed by atoms with van der Waals surface area (Å²) in [5, 5.41) is 2.94. The number of carbonyl (C=O) groups excluding carboxylic acids is 2. The van der Waals surface area contributed by atoms with Crippen LogP contribution in [0.4, 0.5) is 11.5 Å². The standard InChI is InChI=1S/C30H34N4O3/c1-21-5-6-24(30(36)34-17-13-23(14-18-34)22-7-10-26(37-2)11-8-22)19-27(21)29(35)32-25-9-12-28(31-20-25)33-15-3-4-16-33/h5-12,19-20,23H,3-4,13-18H2,1-2H3,(H,32,35). The zero-order chi connectivity index (χ0) is 25.8. The molecule has 2 aliphatic heterocycles. The van der Waals surface area contributed by atoms with Crippen LogP contribution in [0.3, 0.4) is 0 Å². The lowest BCUT2D eigenvalue weighted by Crippen LogP contribution is -2.38. The number of anilines is 2. The van der Waals surface area contributed by atoms with E-state index in [1.54, 1.807) is 19.4 Å². The second-order valence-electron chi connectivity index (χ2n) is 9.92. The summed E-state index contributed by atoms with van der Waals surface area (Å²) in [7, 11) is 1.67. The Kier molecular flexibility index (Phi) is 7.40. The highest BCUT2D eigenvalue weighted by Gasteiger charge is 2.25. The number of nitrogens with one attached hydrogen (secondary N) is 1. The van der Waals surface area contributed by atoms with Crippen LogP contribution in [-0.2, 0) is 0 Å². The van der Waals surface area contributed by atoms with Crippen LogP contribution in [0.15, 0.2) is 60.8 Å². The molecule has 7 heteroatoms. The van der Waals surface area contributed by atoms with Gasteiger partial charge in [0.25, 0.3) is 11.8 Å². The molecule has 1 N–H and O–H groups in total. The fraction of sp³-hybridized carbons (Fsp3) is 0.367. The predicted octanol–water partition coefficient (Wildman–Crippen LogP) is 5.27. The Hall–Kier alpha value is -3.87. The number of carbonyl (C=O) groups is 2. The number of nitrogens with zero attached hydrogens (tertiary/aromatic N) is 3. The summed E-state index contributed by atoms with van der Waals surface area (Å²) < 4.78 is 5.26. The minimum Gasteiger partial charge on any atom is -0.497 e. The van der Waals surface area contributed by atoms with E-state index in [-0.39, 0.29) is 11.8 Å². The normalized spacial score (nSPS) is 16.1. The number of amides is 2. The van der Waals surface area contributed by atoms with E-state index < -0.39 is 0 Å². The van der Waals surface area contributed by atoms with Gasteiger partial charge >= 0.3 is 0 Å². The van der Waals surface area contributed by atoms with E-state index in [0.717, 1.165) is 43.1 Å². The molecule has 1 aromatic heterocycles. The number of aromatic nitrogens is 1. The zero-order valence-corrected chi connectivity index (χ0v) is 21.6. The predicted molar refractivity (Wildman–Crippen MR) is 146 cm³/mol. The average molecular weight is 499 g/mol. The average Bonchev–Trinajstić information content (AvgIpc) is 3.49. The van der Waals surface area contributed by atoms with E-state index in [1.165, 1.54) is 18.4 Å². The molecule has 192 valence electrons. The molecule has 0 bridgehead atoms. The minimum absolute atomic E-state index is 0.0288. The van der Waals surface area contributed by atoms with Gasteiger partial charge in [-0.1, -0.05) is 18.2 Å². The number of hydrogen-bond donors (Lipinski definition) is 1. The molecule has 2 aromatic carbocycles. The largest absolute Gasteiger partial charge is 0.497 e. The maximum Gasteiger partial charge on any atom is 0.255 e. The zero-order valence-electron chi connectivity index (χ0n) is 21.6. The van der Waals surface area contributed by atoms with Gasteiger partial charge in [0.15, 0.2) is 0 Å². The lowest BCUT2D eigenvalue weighted by Gasteiger charge is -2.32. The van der Waals surface area contributed by atoms with Crippen LogP contribution >= 0.6 is 0 Å². The van der Waals surface area contributed by atoms with Crippen LogP contribution < -0.4 is 15.0 Å². The number of ether oxygens (including phenoxy) is 1. The van der Waals surface area contributed by atoms with Gasteiger partial charge in [-0.15, -0.1) is 0 Å². The van der Waals surface area contributed by atoms with Crippen molar-refractivity contribution in [1.29, 1.82) is 0 Å². The van der Waals surface area contributed by atoms with E-state index in [9.17, 15) is 9.59 Å². The molecule has 7 nitrogen and oxygen atoms in total. The molecule has 2 amide bonds. The number of methoxy groups -OCH3 is 1. The van der Waals surface area contributed by atoms with Crippen molar-refractivity contribution in [3.63, 3.8) is 0 Å². The van der Waals surface area contributed by atoms with Crippen molar-refractivity contribution in [2.75, 3.05) is 43.5 Å². The van der Waals surface area contributed by atoms with Crippen molar-refractivity contribution in [1.82, 2.24) is 9.88 Å². The van der Waals surface area contributed by atoms with Crippen molar-refractivity contribution in [3.05, 3.63) is 83.0 Å². The van der Waals surface area contributed by atoms with Gasteiger partial charge in [-0.3, -0.25) is 9.59 Å². The van der Waals surface area contributed by atoms with E-state index in [4.69, 9.17) is 4.74 Å². The molecule has 5 rings (SSSR count). The second-order valence-corrected chi connectivity index (χ2v) is 9.92. The molecule has 0 unspecified atom stereocenters. The molecule has 3 heterocycles. The number of benzene rings is 2. The van der Waals surface area contributed by atoms with Gasteiger partial charge in [0.05, 0.1) is 19.0 Å². The third-order valence-corrected chi connectivity index (χ3v) is 7.53. The molecule has 2 fully saturated rings. The molecule has 0 saturated carbocycles. The van der Waals surface area contributed by atoms with Gasteiger partial charge in [0.2, 0.25) is 0 Å². The summed E-state index contributed by atoms with van der Waals surface area (Å²) in [6, 6.07) is 17.4. The Bertz CT molecular complexity index is 1240. The lowest BCUT2D eigenvalue weighted by molar-refractivity contribution is 0.0713. The summed E-state index contributed by atoms with van der Waals surface area (Å²) in [4.78, 5) is 35.1. The van der Waals surface area contributed by atoms with Gasteiger partial charge < -0.3 is 19.9 Å². The quantitative estimate of drug-likeness (QED) is 0.501. The number of rotatable bonds is 6. The van der Waals surface area contributed by atoms with E-state index in [2.05, 4.69) is 27.3 Å². The Morgan fingerprint density at radius 2 is 1.68 bits per heavy atom. The summed E-state index contributed by atoms with van der Waals surface area (Å²) in [6.45, 7) is 5.33. The first-order chi connectivity index (χ1) is 18.0. The Morgan fingerprint density at radius 3 is 2.32 bits per heavy atom. The first-order valence-corrected chi connectivity index (χ1v) is 13.1. The Morgan fingerprint density at radius 1 is 0.946 bits per heavy atom. The highest BCUT2D eigenvalue weighted by atomic mass is 16.5. The van der Waals surface area contributed by atoms with E-state index in [0.29, 0.717) is 35.8 Å². The molecule has 0 radical (unpaired) electrons. The maximum atomic E-state index is 13.3. The van der Waals surface area contributed by atoms with Gasteiger partial charge in [0, 0.05) is 37.3 Å². The van der Waals surface area contributed by atoms with Crippen molar-refractivity contribution < 1.29 is 14.3 Å². The van der Waals surface area contributed by atoms with Crippen molar-refractivity contribution in [3.8, 4) is 5.75 Å². The molecule has 0 atom stereocenters. The fourth-order valence-corrected chi connectivity index (χ4v) is 5.27. The highest BCUT2D eigenvalue weighted by Crippen LogP contribution is 2.30. The van der Waals surface area contributed by atoms with Gasteiger partial charge in [-0.05, 0) is 86.1 Å². The summed E-state index contributed by atoms with van der Waals surface area (Å²) in [6.07, 6.45) is 5.91. The number of pyridine rings is 1. The summed E-state index contributed by atoms with van der Waals surface area (Å²) >= 11 is 0. The molecule has 2 aliphatic rings. The molecule has 0 aliphatic carbocycles. The molecule has 3 aromatic rings. The van der Waals surface area contributed by atoms with Gasteiger partial charge in [0.1, 0.15) is 11.6 Å². The topological polar surface area (TPSA) is 74.8 Å². The molecule has 37 heavy (non-hydrogen) atoms. The molecular weight excluding hydrogens is 464 g/mol. The number of piperidine rings is 1. The molecule has 2 saturated heterocycles. The number of likely N-dealkylation sites (tertiary alicyclic amines) is 1. The summed E-state index contributed by atoms with van der Waals surface area (Å²) in [5.41, 5.74) is 3.80. The lowest BCUT2D eigenvalue weighted by atomic mass is 9.89. The monoisotopic (exact) mass is 498 g/mol. The maximum absolute atomic E-state index is 13.3. The third-order valence-electron chi connectivity index (χ3n) is 7.53. The third kappa shape index (κ3) is 5.61. The van der Waals surface area contributed by atoms with Crippen LogP contribution in [0.1, 0.15) is 63.4 Å². The summed E-state index contributed by atoms with van der Waals surface area (Å²) in [5.74, 6) is 1.96. The van der Waals surface area contributed by atoms with Crippen molar-refractivity contribution in [2.45, 2.75) is 38.5 Å². The van der Waals surface area contributed by atoms with Crippen molar-refractivity contribution in [2.24, 2.45) is 0 Å². The van der Waals surface area contributed by atoms with Crippen molar-refractivity contribution >= 4 is 23.3 Å². The smallest absolute Gasteiger partial charge is 0.255 e. The van der Waals surface area contributed by atoms with Gasteiger partial charge in [-0.2, -0.15) is 0 Å². The van der Waals surface area contributed by atoms with Crippen LogP contribution in [0.25, 0.3) is 0 Å². The first kappa shape index (κ1) is 24.8. The minimum atomic E-state index is -0.235.